The second kappa shape index (κ2) is 4.52. The Morgan fingerprint density at radius 2 is 2.06 bits per heavy atom. The molecule has 2 unspecified atom stereocenters. The number of hydrogen-bond donors (Lipinski definition) is 1. The number of likely N-dealkylation sites (tertiary alicyclic amines) is 1. The molecule has 2 saturated heterocycles. The fourth-order valence-electron chi connectivity index (χ4n) is 3.16. The molecule has 17 heavy (non-hydrogen) atoms. The van der Waals surface area contributed by atoms with Gasteiger partial charge in [0, 0.05) is 19.2 Å². The summed E-state index contributed by atoms with van der Waals surface area (Å²) >= 11 is 0. The van der Waals surface area contributed by atoms with E-state index in [0.717, 1.165) is 25.9 Å². The lowest BCUT2D eigenvalue weighted by Crippen LogP contribution is -2.51. The Hall–Kier alpha value is -0.130. The van der Waals surface area contributed by atoms with Crippen LogP contribution in [-0.2, 0) is 9.84 Å². The minimum absolute atomic E-state index is 0.0827. The molecule has 0 bridgehead atoms. The van der Waals surface area contributed by atoms with Crippen LogP contribution in [0.3, 0.4) is 0 Å². The number of aliphatic hydroxyl groups is 1. The number of sulfone groups is 1. The van der Waals surface area contributed by atoms with E-state index in [-0.39, 0.29) is 18.1 Å². The van der Waals surface area contributed by atoms with Crippen LogP contribution in [0.1, 0.15) is 26.7 Å². The molecule has 5 heteroatoms. The fraction of sp³-hybridized carbons (Fsp3) is 1.00. The molecule has 2 rings (SSSR count). The van der Waals surface area contributed by atoms with Crippen molar-refractivity contribution in [2.45, 2.75) is 32.7 Å². The molecular formula is C12H23NO3S. The summed E-state index contributed by atoms with van der Waals surface area (Å²) in [4.78, 5) is 2.32. The maximum absolute atomic E-state index is 11.5. The van der Waals surface area contributed by atoms with Gasteiger partial charge >= 0.3 is 0 Å². The van der Waals surface area contributed by atoms with E-state index in [4.69, 9.17) is 0 Å². The van der Waals surface area contributed by atoms with Gasteiger partial charge in [-0.1, -0.05) is 13.8 Å². The molecular weight excluding hydrogens is 238 g/mol. The minimum atomic E-state index is -2.79. The highest BCUT2D eigenvalue weighted by Crippen LogP contribution is 2.36. The van der Waals surface area contributed by atoms with Crippen molar-refractivity contribution in [3.63, 3.8) is 0 Å². The summed E-state index contributed by atoms with van der Waals surface area (Å²) in [6.45, 7) is 6.41. The Labute approximate surface area is 104 Å². The molecule has 0 aromatic heterocycles. The molecule has 0 saturated carbocycles. The van der Waals surface area contributed by atoms with Crippen molar-refractivity contribution in [3.8, 4) is 0 Å². The predicted octanol–water partition coefficient (Wildman–Crippen LogP) is 0.514. The van der Waals surface area contributed by atoms with E-state index in [1.54, 1.807) is 0 Å². The summed E-state index contributed by atoms with van der Waals surface area (Å²) < 4.78 is 23.0. The van der Waals surface area contributed by atoms with Crippen LogP contribution in [0.15, 0.2) is 0 Å². The van der Waals surface area contributed by atoms with Crippen LogP contribution < -0.4 is 0 Å². The van der Waals surface area contributed by atoms with Crippen molar-refractivity contribution in [1.29, 1.82) is 0 Å². The number of hydrogen-bond acceptors (Lipinski definition) is 4. The van der Waals surface area contributed by atoms with E-state index in [1.807, 2.05) is 0 Å². The maximum atomic E-state index is 11.5. The lowest BCUT2D eigenvalue weighted by atomic mass is 9.74. The SMILES string of the molecule is CC1(C)CN(C2CCS(=O)(=O)C2)CCC1CO. The van der Waals surface area contributed by atoms with Gasteiger partial charge in [0.25, 0.3) is 0 Å². The van der Waals surface area contributed by atoms with Gasteiger partial charge in [0.05, 0.1) is 11.5 Å². The molecule has 2 aliphatic heterocycles. The van der Waals surface area contributed by atoms with Crippen molar-refractivity contribution in [2.24, 2.45) is 11.3 Å². The van der Waals surface area contributed by atoms with Gasteiger partial charge in [-0.2, -0.15) is 0 Å². The Bertz CT molecular complexity index is 377. The first-order valence-electron chi connectivity index (χ1n) is 6.39. The van der Waals surface area contributed by atoms with Gasteiger partial charge in [0.1, 0.15) is 0 Å². The zero-order valence-electron chi connectivity index (χ0n) is 10.7. The molecule has 0 spiro atoms. The van der Waals surface area contributed by atoms with Crippen molar-refractivity contribution in [3.05, 3.63) is 0 Å². The van der Waals surface area contributed by atoms with Crippen LogP contribution in [0.2, 0.25) is 0 Å². The van der Waals surface area contributed by atoms with Crippen LogP contribution in [0.25, 0.3) is 0 Å². The summed E-state index contributed by atoms with van der Waals surface area (Å²) in [6.07, 6.45) is 1.75. The van der Waals surface area contributed by atoms with Gasteiger partial charge in [0.2, 0.25) is 0 Å². The van der Waals surface area contributed by atoms with Crippen molar-refractivity contribution in [1.82, 2.24) is 4.90 Å². The monoisotopic (exact) mass is 261 g/mol. The minimum Gasteiger partial charge on any atom is -0.396 e. The quantitative estimate of drug-likeness (QED) is 0.787. The molecule has 100 valence electrons. The zero-order chi connectivity index (χ0) is 12.7. The lowest BCUT2D eigenvalue weighted by Gasteiger charge is -2.45. The lowest BCUT2D eigenvalue weighted by molar-refractivity contribution is 0.00623. The number of aliphatic hydroxyl groups excluding tert-OH is 1. The molecule has 2 atom stereocenters. The van der Waals surface area contributed by atoms with E-state index >= 15 is 0 Å². The van der Waals surface area contributed by atoms with Gasteiger partial charge in [-0.05, 0) is 30.7 Å². The average molecular weight is 261 g/mol. The first-order valence-corrected chi connectivity index (χ1v) is 8.21. The Morgan fingerprint density at radius 1 is 1.35 bits per heavy atom. The Kier molecular flexibility index (Phi) is 3.54. The molecule has 0 aliphatic carbocycles. The summed E-state index contributed by atoms with van der Waals surface area (Å²) in [6, 6.07) is 0.207. The highest BCUT2D eigenvalue weighted by Gasteiger charge is 2.40. The smallest absolute Gasteiger partial charge is 0.151 e. The van der Waals surface area contributed by atoms with Crippen molar-refractivity contribution in [2.75, 3.05) is 31.2 Å². The van der Waals surface area contributed by atoms with E-state index in [0.29, 0.717) is 17.4 Å². The molecule has 2 fully saturated rings. The Balaban J connectivity index is 2.01. The van der Waals surface area contributed by atoms with E-state index in [1.165, 1.54) is 0 Å². The first-order chi connectivity index (χ1) is 7.84. The first kappa shape index (κ1) is 13.3. The summed E-state index contributed by atoms with van der Waals surface area (Å²) in [5, 5.41) is 9.35. The standard InChI is InChI=1S/C12H23NO3S/c1-12(2)9-13(5-3-10(12)7-14)11-4-6-17(15,16)8-11/h10-11,14H,3-9H2,1-2H3. The van der Waals surface area contributed by atoms with Crippen LogP contribution in [0.4, 0.5) is 0 Å². The van der Waals surface area contributed by atoms with Gasteiger partial charge in [-0.3, -0.25) is 4.90 Å². The normalized spacial score (nSPS) is 37.1. The van der Waals surface area contributed by atoms with Crippen LogP contribution >= 0.6 is 0 Å². The summed E-state index contributed by atoms with van der Waals surface area (Å²) in [5.74, 6) is 1.02. The Morgan fingerprint density at radius 3 is 2.53 bits per heavy atom. The second-order valence-electron chi connectivity index (χ2n) is 6.18. The average Bonchev–Trinajstić information content (AvgIpc) is 2.57. The molecule has 0 aromatic carbocycles. The number of piperidine rings is 1. The number of rotatable bonds is 2. The largest absolute Gasteiger partial charge is 0.396 e. The van der Waals surface area contributed by atoms with Gasteiger partial charge < -0.3 is 5.11 Å². The van der Waals surface area contributed by atoms with Crippen LogP contribution in [0.5, 0.6) is 0 Å². The molecule has 2 heterocycles. The molecule has 0 radical (unpaired) electrons. The third kappa shape index (κ3) is 2.83. The molecule has 0 aromatic rings. The molecule has 4 nitrogen and oxygen atoms in total. The van der Waals surface area contributed by atoms with Gasteiger partial charge in [-0.25, -0.2) is 8.42 Å². The molecule has 1 N–H and O–H groups in total. The highest BCUT2D eigenvalue weighted by atomic mass is 32.2. The van der Waals surface area contributed by atoms with Crippen LogP contribution in [-0.4, -0.2) is 55.7 Å². The van der Waals surface area contributed by atoms with E-state index in [9.17, 15) is 13.5 Å². The van der Waals surface area contributed by atoms with Gasteiger partial charge in [0.15, 0.2) is 9.84 Å². The zero-order valence-corrected chi connectivity index (χ0v) is 11.5. The summed E-state index contributed by atoms with van der Waals surface area (Å²) in [5.41, 5.74) is 0.0827. The van der Waals surface area contributed by atoms with Crippen molar-refractivity contribution < 1.29 is 13.5 Å². The predicted molar refractivity (Wildman–Crippen MR) is 67.6 cm³/mol. The van der Waals surface area contributed by atoms with Gasteiger partial charge in [-0.15, -0.1) is 0 Å². The fourth-order valence-corrected chi connectivity index (χ4v) is 4.92. The number of nitrogens with zero attached hydrogens (tertiary/aromatic N) is 1. The van der Waals surface area contributed by atoms with E-state index in [2.05, 4.69) is 18.7 Å². The molecule has 0 amide bonds. The third-order valence-electron chi connectivity index (χ3n) is 4.43. The van der Waals surface area contributed by atoms with Crippen LogP contribution in [0, 0.1) is 11.3 Å². The third-order valence-corrected chi connectivity index (χ3v) is 6.18. The van der Waals surface area contributed by atoms with Crippen molar-refractivity contribution >= 4 is 9.84 Å². The highest BCUT2D eigenvalue weighted by molar-refractivity contribution is 7.91. The maximum Gasteiger partial charge on any atom is 0.151 e. The van der Waals surface area contributed by atoms with E-state index < -0.39 is 9.84 Å². The molecule has 2 aliphatic rings. The second-order valence-corrected chi connectivity index (χ2v) is 8.41. The summed E-state index contributed by atoms with van der Waals surface area (Å²) in [7, 11) is -2.79. The topological polar surface area (TPSA) is 57.6 Å².